The highest BCUT2D eigenvalue weighted by molar-refractivity contribution is 6.07. The quantitative estimate of drug-likeness (QED) is 0.635. The second-order valence-electron chi connectivity index (χ2n) is 5.41. The highest BCUT2D eigenvalue weighted by atomic mass is 19.1. The first-order chi connectivity index (χ1) is 11.1. The van der Waals surface area contributed by atoms with Gasteiger partial charge >= 0.3 is 0 Å². The number of halogens is 1. The van der Waals surface area contributed by atoms with Crippen LogP contribution in [0.25, 0.3) is 6.08 Å². The van der Waals surface area contributed by atoms with Gasteiger partial charge in [0.05, 0.1) is 0 Å². The summed E-state index contributed by atoms with van der Waals surface area (Å²) in [5, 5.41) is 0. The van der Waals surface area contributed by atoms with E-state index in [4.69, 9.17) is 0 Å². The van der Waals surface area contributed by atoms with Crippen molar-refractivity contribution in [3.05, 3.63) is 71.6 Å². The van der Waals surface area contributed by atoms with Gasteiger partial charge in [-0.3, -0.25) is 9.59 Å². The van der Waals surface area contributed by atoms with Crippen LogP contribution in [0.3, 0.4) is 0 Å². The monoisotopic (exact) mass is 309 g/mol. The van der Waals surface area contributed by atoms with Crippen LogP contribution in [0.2, 0.25) is 0 Å². The van der Waals surface area contributed by atoms with Crippen molar-refractivity contribution in [1.82, 2.24) is 0 Å². The molecule has 4 heteroatoms. The molecule has 2 aromatic carbocycles. The molecule has 1 aliphatic rings. The molecule has 0 unspecified atom stereocenters. The average molecular weight is 309 g/mol. The predicted molar refractivity (Wildman–Crippen MR) is 87.8 cm³/mol. The summed E-state index contributed by atoms with van der Waals surface area (Å²) in [6.07, 6.45) is 4.26. The summed E-state index contributed by atoms with van der Waals surface area (Å²) in [6.45, 7) is 0.722. The van der Waals surface area contributed by atoms with E-state index in [2.05, 4.69) is 0 Å². The lowest BCUT2D eigenvalue weighted by Crippen LogP contribution is -2.23. The van der Waals surface area contributed by atoms with Gasteiger partial charge in [0.25, 0.3) is 0 Å². The molecule has 0 aliphatic carbocycles. The van der Waals surface area contributed by atoms with Gasteiger partial charge < -0.3 is 4.90 Å². The first-order valence-corrected chi connectivity index (χ1v) is 7.52. The van der Waals surface area contributed by atoms with Crippen LogP contribution >= 0.6 is 0 Å². The molecule has 0 radical (unpaired) electrons. The number of amides is 1. The van der Waals surface area contributed by atoms with Gasteiger partial charge in [-0.2, -0.15) is 0 Å². The highest BCUT2D eigenvalue weighted by Gasteiger charge is 2.21. The Balaban J connectivity index is 1.73. The summed E-state index contributed by atoms with van der Waals surface area (Å²) in [5.41, 5.74) is 1.69. The maximum absolute atomic E-state index is 13.5. The van der Waals surface area contributed by atoms with Gasteiger partial charge in [0.1, 0.15) is 5.82 Å². The number of ketones is 1. The average Bonchev–Trinajstić information content (AvgIpc) is 3.00. The number of benzene rings is 2. The molecule has 1 fully saturated rings. The van der Waals surface area contributed by atoms with E-state index in [-0.39, 0.29) is 17.5 Å². The third-order valence-corrected chi connectivity index (χ3v) is 3.86. The topological polar surface area (TPSA) is 37.4 Å². The van der Waals surface area contributed by atoms with Gasteiger partial charge in [0, 0.05) is 29.8 Å². The third-order valence-electron chi connectivity index (χ3n) is 3.86. The van der Waals surface area contributed by atoms with E-state index >= 15 is 0 Å². The molecule has 116 valence electrons. The molecular formula is C19H16FNO2. The van der Waals surface area contributed by atoms with Crippen molar-refractivity contribution in [1.29, 1.82) is 0 Å². The minimum atomic E-state index is -0.362. The van der Waals surface area contributed by atoms with Gasteiger partial charge in [0.15, 0.2) is 5.78 Å². The first kappa shape index (κ1) is 15.2. The zero-order chi connectivity index (χ0) is 16.2. The van der Waals surface area contributed by atoms with Gasteiger partial charge in [-0.1, -0.05) is 18.2 Å². The Morgan fingerprint density at radius 3 is 2.48 bits per heavy atom. The van der Waals surface area contributed by atoms with Crippen LogP contribution in [0.5, 0.6) is 0 Å². The molecule has 0 aromatic heterocycles. The van der Waals surface area contributed by atoms with Gasteiger partial charge in [-0.25, -0.2) is 4.39 Å². The van der Waals surface area contributed by atoms with Crippen molar-refractivity contribution in [2.45, 2.75) is 12.8 Å². The molecule has 1 aliphatic heterocycles. The van der Waals surface area contributed by atoms with Gasteiger partial charge in [-0.05, 0) is 48.9 Å². The second-order valence-corrected chi connectivity index (χ2v) is 5.41. The molecule has 2 aromatic rings. The van der Waals surface area contributed by atoms with E-state index < -0.39 is 0 Å². The Bertz CT molecular complexity index is 765. The molecule has 0 bridgehead atoms. The Morgan fingerprint density at radius 2 is 1.83 bits per heavy atom. The van der Waals surface area contributed by atoms with Crippen molar-refractivity contribution in [3.63, 3.8) is 0 Å². The number of nitrogens with zero attached hydrogens (tertiary/aromatic N) is 1. The molecule has 0 saturated carbocycles. The summed E-state index contributed by atoms with van der Waals surface area (Å²) in [6, 6.07) is 13.2. The Morgan fingerprint density at radius 1 is 1.09 bits per heavy atom. The lowest BCUT2D eigenvalue weighted by molar-refractivity contribution is -0.117. The molecule has 0 N–H and O–H groups in total. The van der Waals surface area contributed by atoms with E-state index in [1.807, 2.05) is 0 Å². The fourth-order valence-corrected chi connectivity index (χ4v) is 2.60. The third kappa shape index (κ3) is 3.37. The number of carbonyl (C=O) groups excluding carboxylic acids is 2. The van der Waals surface area contributed by atoms with E-state index in [1.165, 1.54) is 18.2 Å². The van der Waals surface area contributed by atoms with Crippen LogP contribution in [0, 0.1) is 5.82 Å². The first-order valence-electron chi connectivity index (χ1n) is 7.52. The van der Waals surface area contributed by atoms with E-state index in [0.717, 1.165) is 18.7 Å². The summed E-state index contributed by atoms with van der Waals surface area (Å²) in [7, 11) is 0. The molecule has 3 nitrogen and oxygen atoms in total. The van der Waals surface area contributed by atoms with Crippen LogP contribution in [0.15, 0.2) is 54.6 Å². The molecular weight excluding hydrogens is 293 g/mol. The van der Waals surface area contributed by atoms with Crippen LogP contribution < -0.4 is 4.90 Å². The maximum Gasteiger partial charge on any atom is 0.227 e. The molecule has 1 heterocycles. The van der Waals surface area contributed by atoms with E-state index in [0.29, 0.717) is 17.5 Å². The fourth-order valence-electron chi connectivity index (χ4n) is 2.60. The molecule has 1 saturated heterocycles. The normalized spacial score (nSPS) is 14.7. The lowest BCUT2D eigenvalue weighted by atomic mass is 10.1. The van der Waals surface area contributed by atoms with Crippen molar-refractivity contribution in [3.8, 4) is 0 Å². The largest absolute Gasteiger partial charge is 0.312 e. The summed E-state index contributed by atoms with van der Waals surface area (Å²) in [4.78, 5) is 25.6. The SMILES string of the molecule is O=C(C=Cc1ccccc1F)c1ccc(N2CCCC2=O)cc1. The summed E-state index contributed by atoms with van der Waals surface area (Å²) < 4.78 is 13.5. The Kier molecular flexibility index (Phi) is 4.33. The fraction of sp³-hybridized carbons (Fsp3) is 0.158. The Hall–Kier alpha value is -2.75. The number of anilines is 1. The molecule has 0 atom stereocenters. The molecule has 0 spiro atoms. The standard InChI is InChI=1S/C19H16FNO2/c20-17-5-2-1-4-14(17)9-12-18(22)15-7-10-16(11-8-15)21-13-3-6-19(21)23/h1-2,4-5,7-12H,3,6,13H2. The van der Waals surface area contributed by atoms with Gasteiger partial charge in [-0.15, -0.1) is 0 Å². The molecule has 1 amide bonds. The van der Waals surface area contributed by atoms with Crippen LogP contribution in [0.1, 0.15) is 28.8 Å². The number of allylic oxidation sites excluding steroid dienone is 1. The van der Waals surface area contributed by atoms with Crippen molar-refractivity contribution in [2.24, 2.45) is 0 Å². The van der Waals surface area contributed by atoms with Crippen LogP contribution in [-0.2, 0) is 4.79 Å². The summed E-state index contributed by atoms with van der Waals surface area (Å²) in [5.74, 6) is -0.449. The smallest absolute Gasteiger partial charge is 0.227 e. The zero-order valence-electron chi connectivity index (χ0n) is 12.5. The van der Waals surface area contributed by atoms with Crippen LogP contribution in [0.4, 0.5) is 10.1 Å². The summed E-state index contributed by atoms with van der Waals surface area (Å²) >= 11 is 0. The Labute approximate surface area is 134 Å². The minimum absolute atomic E-state index is 0.114. The van der Waals surface area contributed by atoms with Crippen molar-refractivity contribution < 1.29 is 14.0 Å². The van der Waals surface area contributed by atoms with Crippen LogP contribution in [-0.4, -0.2) is 18.2 Å². The molecule has 23 heavy (non-hydrogen) atoms. The van der Waals surface area contributed by atoms with Crippen molar-refractivity contribution in [2.75, 3.05) is 11.4 Å². The number of rotatable bonds is 4. The number of hydrogen-bond acceptors (Lipinski definition) is 2. The predicted octanol–water partition coefficient (Wildman–Crippen LogP) is 3.85. The number of hydrogen-bond donors (Lipinski definition) is 0. The maximum atomic E-state index is 13.5. The zero-order valence-corrected chi connectivity index (χ0v) is 12.5. The highest BCUT2D eigenvalue weighted by Crippen LogP contribution is 2.22. The van der Waals surface area contributed by atoms with Gasteiger partial charge in [0.2, 0.25) is 5.91 Å². The number of carbonyl (C=O) groups is 2. The molecule has 3 rings (SSSR count). The van der Waals surface area contributed by atoms with E-state index in [9.17, 15) is 14.0 Å². The second kappa shape index (κ2) is 6.57. The van der Waals surface area contributed by atoms with Crippen molar-refractivity contribution >= 4 is 23.5 Å². The lowest BCUT2D eigenvalue weighted by Gasteiger charge is -2.15. The minimum Gasteiger partial charge on any atom is -0.312 e. The van der Waals surface area contributed by atoms with E-state index in [1.54, 1.807) is 47.4 Å².